The van der Waals surface area contributed by atoms with Gasteiger partial charge in [0.2, 0.25) is 5.91 Å². The molecule has 3 rings (SSSR count). The summed E-state index contributed by atoms with van der Waals surface area (Å²) in [6.45, 7) is 5.75. The molecular weight excluding hydrogens is 308 g/mol. The van der Waals surface area contributed by atoms with E-state index in [1.807, 2.05) is 30.1 Å². The summed E-state index contributed by atoms with van der Waals surface area (Å²) < 4.78 is 0. The SMILES string of the molecule is Cc1ccccc1CN1CCCC(C(=O)N(C)Cc2ccccc2)C1. The maximum atomic E-state index is 12.9. The summed E-state index contributed by atoms with van der Waals surface area (Å²) in [7, 11) is 1.93. The summed E-state index contributed by atoms with van der Waals surface area (Å²) in [6.07, 6.45) is 2.10. The maximum absolute atomic E-state index is 12.9. The standard InChI is InChI=1S/C22H28N2O/c1-18-9-6-7-12-20(18)16-24-14-8-13-21(17-24)22(25)23(2)15-19-10-4-3-5-11-19/h3-7,9-12,21H,8,13-17H2,1-2H3. The Bertz CT molecular complexity index is 698. The minimum atomic E-state index is 0.117. The first-order chi connectivity index (χ1) is 12.1. The van der Waals surface area contributed by atoms with Crippen molar-refractivity contribution in [1.29, 1.82) is 0 Å². The fourth-order valence-corrected chi connectivity index (χ4v) is 3.68. The van der Waals surface area contributed by atoms with Crippen LogP contribution in [-0.4, -0.2) is 35.8 Å². The first-order valence-electron chi connectivity index (χ1n) is 9.19. The van der Waals surface area contributed by atoms with Gasteiger partial charge in [0.15, 0.2) is 0 Å². The van der Waals surface area contributed by atoms with Crippen molar-refractivity contribution in [3.05, 3.63) is 71.3 Å². The normalized spacial score (nSPS) is 18.1. The second-order valence-electron chi connectivity index (χ2n) is 7.18. The van der Waals surface area contributed by atoms with E-state index in [9.17, 15) is 4.79 Å². The van der Waals surface area contributed by atoms with Crippen molar-refractivity contribution >= 4 is 5.91 Å². The van der Waals surface area contributed by atoms with Crippen LogP contribution in [0.15, 0.2) is 54.6 Å². The zero-order valence-electron chi connectivity index (χ0n) is 15.3. The molecule has 1 unspecified atom stereocenters. The molecule has 1 atom stereocenters. The molecule has 0 aliphatic carbocycles. The van der Waals surface area contributed by atoms with Crippen molar-refractivity contribution < 1.29 is 4.79 Å². The molecule has 1 aliphatic heterocycles. The monoisotopic (exact) mass is 336 g/mol. The van der Waals surface area contributed by atoms with Gasteiger partial charge in [-0.25, -0.2) is 0 Å². The van der Waals surface area contributed by atoms with E-state index in [-0.39, 0.29) is 11.8 Å². The van der Waals surface area contributed by atoms with Gasteiger partial charge in [0.25, 0.3) is 0 Å². The molecule has 3 nitrogen and oxygen atoms in total. The number of carbonyl (C=O) groups is 1. The average Bonchev–Trinajstić information content (AvgIpc) is 2.64. The number of nitrogens with zero attached hydrogens (tertiary/aromatic N) is 2. The van der Waals surface area contributed by atoms with Gasteiger partial charge in [0, 0.05) is 26.7 Å². The minimum absolute atomic E-state index is 0.117. The first-order valence-corrected chi connectivity index (χ1v) is 9.19. The number of carbonyl (C=O) groups excluding carboxylic acids is 1. The van der Waals surface area contributed by atoms with Gasteiger partial charge in [-0.2, -0.15) is 0 Å². The van der Waals surface area contributed by atoms with Crippen LogP contribution in [0.25, 0.3) is 0 Å². The number of benzene rings is 2. The molecule has 1 fully saturated rings. The van der Waals surface area contributed by atoms with Crippen molar-refractivity contribution in [2.45, 2.75) is 32.9 Å². The zero-order valence-corrected chi connectivity index (χ0v) is 15.3. The number of rotatable bonds is 5. The smallest absolute Gasteiger partial charge is 0.227 e. The lowest BCUT2D eigenvalue weighted by Gasteiger charge is -2.34. The Balaban J connectivity index is 1.58. The quantitative estimate of drug-likeness (QED) is 0.827. The molecular formula is C22H28N2O. The molecule has 1 heterocycles. The number of likely N-dealkylation sites (tertiary alicyclic amines) is 1. The Morgan fingerprint density at radius 3 is 2.60 bits per heavy atom. The Hall–Kier alpha value is -2.13. The van der Waals surface area contributed by atoms with Crippen molar-refractivity contribution in [3.8, 4) is 0 Å². The molecule has 0 saturated carbocycles. The maximum Gasteiger partial charge on any atom is 0.227 e. The molecule has 25 heavy (non-hydrogen) atoms. The van der Waals surface area contributed by atoms with Gasteiger partial charge in [0.1, 0.15) is 0 Å². The third kappa shape index (κ3) is 4.70. The highest BCUT2D eigenvalue weighted by Gasteiger charge is 2.28. The van der Waals surface area contributed by atoms with Crippen LogP contribution >= 0.6 is 0 Å². The average molecular weight is 336 g/mol. The molecule has 132 valence electrons. The van der Waals surface area contributed by atoms with Gasteiger partial charge >= 0.3 is 0 Å². The summed E-state index contributed by atoms with van der Waals surface area (Å²) >= 11 is 0. The van der Waals surface area contributed by atoms with Crippen LogP contribution < -0.4 is 0 Å². The van der Waals surface area contributed by atoms with Crippen LogP contribution in [0.2, 0.25) is 0 Å². The molecule has 0 aromatic heterocycles. The Morgan fingerprint density at radius 1 is 1.12 bits per heavy atom. The Kier molecular flexibility index (Phi) is 5.87. The summed E-state index contributed by atoms with van der Waals surface area (Å²) in [5.41, 5.74) is 3.89. The Labute approximate surface area is 151 Å². The highest BCUT2D eigenvalue weighted by Crippen LogP contribution is 2.22. The molecule has 0 bridgehead atoms. The second kappa shape index (κ2) is 8.30. The van der Waals surface area contributed by atoms with Gasteiger partial charge in [-0.05, 0) is 43.0 Å². The van der Waals surface area contributed by atoms with Crippen LogP contribution in [0.1, 0.15) is 29.5 Å². The van der Waals surface area contributed by atoms with Crippen LogP contribution in [-0.2, 0) is 17.9 Å². The number of piperidine rings is 1. The van der Waals surface area contributed by atoms with Gasteiger partial charge in [-0.15, -0.1) is 0 Å². The van der Waals surface area contributed by atoms with Crippen molar-refractivity contribution in [2.75, 3.05) is 20.1 Å². The topological polar surface area (TPSA) is 23.6 Å². The van der Waals surface area contributed by atoms with Crippen LogP contribution in [0, 0.1) is 12.8 Å². The third-order valence-electron chi connectivity index (χ3n) is 5.15. The molecule has 2 aromatic rings. The second-order valence-corrected chi connectivity index (χ2v) is 7.18. The molecule has 1 amide bonds. The predicted octanol–water partition coefficient (Wildman–Crippen LogP) is 3.87. The number of amides is 1. The molecule has 3 heteroatoms. The van der Waals surface area contributed by atoms with E-state index in [0.29, 0.717) is 6.54 Å². The number of hydrogen-bond acceptors (Lipinski definition) is 2. The van der Waals surface area contributed by atoms with E-state index in [2.05, 4.69) is 48.2 Å². The van der Waals surface area contributed by atoms with Gasteiger partial charge in [-0.3, -0.25) is 9.69 Å². The lowest BCUT2D eigenvalue weighted by molar-refractivity contribution is -0.136. The molecule has 1 saturated heterocycles. The fraction of sp³-hybridized carbons (Fsp3) is 0.409. The van der Waals surface area contributed by atoms with Gasteiger partial charge in [-0.1, -0.05) is 54.6 Å². The molecule has 1 aliphatic rings. The molecule has 0 spiro atoms. The highest BCUT2D eigenvalue weighted by atomic mass is 16.2. The van der Waals surface area contributed by atoms with E-state index < -0.39 is 0 Å². The van der Waals surface area contributed by atoms with Crippen LogP contribution in [0.4, 0.5) is 0 Å². The van der Waals surface area contributed by atoms with Crippen LogP contribution in [0.5, 0.6) is 0 Å². The highest BCUT2D eigenvalue weighted by molar-refractivity contribution is 5.78. The van der Waals surface area contributed by atoms with Crippen LogP contribution in [0.3, 0.4) is 0 Å². The summed E-state index contributed by atoms with van der Waals surface area (Å²) in [5, 5.41) is 0. The van der Waals surface area contributed by atoms with E-state index >= 15 is 0 Å². The van der Waals surface area contributed by atoms with Crippen molar-refractivity contribution in [2.24, 2.45) is 5.92 Å². The number of aryl methyl sites for hydroxylation is 1. The fourth-order valence-electron chi connectivity index (χ4n) is 3.68. The lowest BCUT2D eigenvalue weighted by Crippen LogP contribution is -2.43. The lowest BCUT2D eigenvalue weighted by atomic mass is 9.95. The van der Waals surface area contributed by atoms with E-state index in [1.165, 1.54) is 16.7 Å². The molecule has 0 N–H and O–H groups in total. The van der Waals surface area contributed by atoms with E-state index in [4.69, 9.17) is 0 Å². The zero-order chi connectivity index (χ0) is 17.6. The molecule has 2 aromatic carbocycles. The van der Waals surface area contributed by atoms with Crippen molar-refractivity contribution in [3.63, 3.8) is 0 Å². The molecule has 0 radical (unpaired) electrons. The first kappa shape index (κ1) is 17.7. The third-order valence-corrected chi connectivity index (χ3v) is 5.15. The van der Waals surface area contributed by atoms with Crippen molar-refractivity contribution in [1.82, 2.24) is 9.80 Å². The van der Waals surface area contributed by atoms with E-state index in [0.717, 1.165) is 32.5 Å². The minimum Gasteiger partial charge on any atom is -0.341 e. The van der Waals surface area contributed by atoms with E-state index in [1.54, 1.807) is 0 Å². The summed E-state index contributed by atoms with van der Waals surface area (Å²) in [6, 6.07) is 18.8. The number of hydrogen-bond donors (Lipinski definition) is 0. The van der Waals surface area contributed by atoms with Gasteiger partial charge < -0.3 is 4.90 Å². The summed E-state index contributed by atoms with van der Waals surface area (Å²) in [4.78, 5) is 17.2. The predicted molar refractivity (Wildman–Crippen MR) is 102 cm³/mol. The Morgan fingerprint density at radius 2 is 1.84 bits per heavy atom. The largest absolute Gasteiger partial charge is 0.341 e. The summed E-state index contributed by atoms with van der Waals surface area (Å²) in [5.74, 6) is 0.393. The van der Waals surface area contributed by atoms with Gasteiger partial charge in [0.05, 0.1) is 5.92 Å².